The molecule has 3 aliphatic heterocycles. The zero-order valence-electron chi connectivity index (χ0n) is 20.0. The summed E-state index contributed by atoms with van der Waals surface area (Å²) >= 11 is 0. The van der Waals surface area contributed by atoms with E-state index in [1.165, 1.54) is 6.07 Å². The molecule has 10 heteroatoms. The molecule has 3 aliphatic rings. The number of ether oxygens (including phenoxy) is 2. The Bertz CT molecular complexity index is 1050. The molecule has 5 rings (SSSR count). The van der Waals surface area contributed by atoms with E-state index in [0.29, 0.717) is 57.4 Å². The van der Waals surface area contributed by atoms with E-state index < -0.39 is 11.7 Å². The van der Waals surface area contributed by atoms with Crippen LogP contribution in [0.15, 0.2) is 42.6 Å². The third-order valence-electron chi connectivity index (χ3n) is 7.23. The van der Waals surface area contributed by atoms with Gasteiger partial charge in [0.05, 0.1) is 43.2 Å². The number of nitrogens with zero attached hydrogens (tertiary/aromatic N) is 3. The van der Waals surface area contributed by atoms with E-state index in [-0.39, 0.29) is 24.6 Å². The van der Waals surface area contributed by atoms with Gasteiger partial charge in [0.1, 0.15) is 0 Å². The van der Waals surface area contributed by atoms with Gasteiger partial charge in [0.25, 0.3) is 0 Å². The van der Waals surface area contributed by atoms with Crippen LogP contribution < -0.4 is 5.32 Å². The first kappa shape index (κ1) is 25.1. The van der Waals surface area contributed by atoms with Gasteiger partial charge in [-0.2, -0.15) is 13.2 Å². The molecule has 194 valence electrons. The van der Waals surface area contributed by atoms with E-state index in [4.69, 9.17) is 9.47 Å². The number of pyridine rings is 1. The lowest BCUT2D eigenvalue weighted by Crippen LogP contribution is -2.48. The minimum Gasteiger partial charge on any atom is -0.380 e. The second-order valence-corrected chi connectivity index (χ2v) is 9.76. The first-order valence-corrected chi connectivity index (χ1v) is 12.4. The minimum absolute atomic E-state index is 0.131. The summed E-state index contributed by atoms with van der Waals surface area (Å²) in [6.45, 7) is 4.23. The minimum atomic E-state index is -4.38. The van der Waals surface area contributed by atoms with Crippen molar-refractivity contribution in [1.29, 1.82) is 0 Å². The van der Waals surface area contributed by atoms with Crippen molar-refractivity contribution in [2.45, 2.75) is 50.4 Å². The van der Waals surface area contributed by atoms with Gasteiger partial charge in [0.2, 0.25) is 5.91 Å². The highest BCUT2D eigenvalue weighted by Crippen LogP contribution is 2.32. The number of likely N-dealkylation sites (tertiary alicyclic amines) is 1. The Morgan fingerprint density at radius 2 is 2.08 bits per heavy atom. The van der Waals surface area contributed by atoms with Gasteiger partial charge in [-0.15, -0.1) is 0 Å². The number of halogens is 3. The summed E-state index contributed by atoms with van der Waals surface area (Å²) in [7, 11) is 0. The van der Waals surface area contributed by atoms with Gasteiger partial charge in [0.15, 0.2) is 0 Å². The molecule has 36 heavy (non-hydrogen) atoms. The molecule has 2 fully saturated rings. The van der Waals surface area contributed by atoms with E-state index in [1.807, 2.05) is 23.1 Å². The Labute approximate surface area is 208 Å². The summed E-state index contributed by atoms with van der Waals surface area (Å²) in [5, 5.41) is 3.14. The highest BCUT2D eigenvalue weighted by molar-refractivity contribution is 5.78. The fraction of sp³-hybridized carbons (Fsp3) is 0.538. The van der Waals surface area contributed by atoms with Crippen LogP contribution in [-0.4, -0.2) is 78.3 Å². The van der Waals surface area contributed by atoms with Crippen molar-refractivity contribution in [3.8, 4) is 0 Å². The molecule has 1 aromatic heterocycles. The van der Waals surface area contributed by atoms with E-state index in [0.717, 1.165) is 30.4 Å². The molecule has 2 unspecified atom stereocenters. The molecule has 2 saturated heterocycles. The highest BCUT2D eigenvalue weighted by atomic mass is 19.4. The van der Waals surface area contributed by atoms with Crippen molar-refractivity contribution in [3.63, 3.8) is 0 Å². The molecule has 0 aliphatic carbocycles. The second kappa shape index (κ2) is 10.8. The maximum Gasteiger partial charge on any atom is 0.416 e. The lowest BCUT2D eigenvalue weighted by molar-refractivity contribution is -0.137. The highest BCUT2D eigenvalue weighted by Gasteiger charge is 2.39. The number of carbonyl (C=O) groups excluding carboxylic acids is 1. The third kappa shape index (κ3) is 6.05. The zero-order chi connectivity index (χ0) is 25.1. The number of nitrogens with one attached hydrogen (secondary N) is 1. The third-order valence-corrected chi connectivity index (χ3v) is 7.23. The average molecular weight is 505 g/mol. The van der Waals surface area contributed by atoms with Crippen LogP contribution in [0.5, 0.6) is 0 Å². The molecule has 3 atom stereocenters. The van der Waals surface area contributed by atoms with Crippen LogP contribution in [0.2, 0.25) is 0 Å². The number of rotatable bonds is 7. The van der Waals surface area contributed by atoms with Crippen molar-refractivity contribution >= 4 is 5.91 Å². The maximum absolute atomic E-state index is 13.1. The van der Waals surface area contributed by atoms with Crippen LogP contribution in [0.3, 0.4) is 0 Å². The number of carbonyl (C=O) groups is 1. The van der Waals surface area contributed by atoms with Crippen LogP contribution in [0.1, 0.15) is 28.8 Å². The molecular weight excluding hydrogens is 473 g/mol. The Morgan fingerprint density at radius 1 is 1.19 bits per heavy atom. The Kier molecular flexibility index (Phi) is 7.57. The SMILES string of the molecule is O=C(CN1CCc2ccc(C(F)(F)F)cc2C1)NC1CN(C2CCOC2)C[C@@H]1OCc1ccccn1. The van der Waals surface area contributed by atoms with Gasteiger partial charge < -0.3 is 14.8 Å². The molecule has 2 aromatic rings. The van der Waals surface area contributed by atoms with Gasteiger partial charge in [-0.25, -0.2) is 0 Å². The number of benzene rings is 1. The summed E-state index contributed by atoms with van der Waals surface area (Å²) in [6.07, 6.45) is -1.26. The Balaban J connectivity index is 1.20. The fourth-order valence-electron chi connectivity index (χ4n) is 5.28. The van der Waals surface area contributed by atoms with Gasteiger partial charge in [-0.05, 0) is 48.2 Å². The molecule has 0 spiro atoms. The summed E-state index contributed by atoms with van der Waals surface area (Å²) < 4.78 is 51.2. The average Bonchev–Trinajstić information content (AvgIpc) is 3.53. The topological polar surface area (TPSA) is 66.9 Å². The van der Waals surface area contributed by atoms with Crippen molar-refractivity contribution in [2.24, 2.45) is 0 Å². The standard InChI is InChI=1S/C26H31F3N4O3/c27-26(28,29)20-5-4-18-6-9-32(12-19(18)11-20)15-25(34)31-23-13-33(22-7-10-35-17-22)14-24(23)36-16-21-3-1-2-8-30-21/h1-5,8,11,22-24H,6-7,9-10,12-17H2,(H,31,34)/t22?,23?,24-/m0/s1. The number of amides is 1. The Hall–Kier alpha value is -2.53. The lowest BCUT2D eigenvalue weighted by Gasteiger charge is -2.29. The number of hydrogen-bond donors (Lipinski definition) is 1. The van der Waals surface area contributed by atoms with Crippen LogP contribution in [-0.2, 0) is 40.0 Å². The van der Waals surface area contributed by atoms with Crippen LogP contribution in [0.4, 0.5) is 13.2 Å². The monoisotopic (exact) mass is 504 g/mol. The molecular formula is C26H31F3N4O3. The van der Waals surface area contributed by atoms with Gasteiger partial charge >= 0.3 is 6.18 Å². The summed E-state index contributed by atoms with van der Waals surface area (Å²) in [6, 6.07) is 9.70. The van der Waals surface area contributed by atoms with Crippen molar-refractivity contribution in [2.75, 3.05) is 39.4 Å². The fourth-order valence-corrected chi connectivity index (χ4v) is 5.28. The largest absolute Gasteiger partial charge is 0.416 e. The molecule has 1 amide bonds. The van der Waals surface area contributed by atoms with Crippen molar-refractivity contribution < 1.29 is 27.4 Å². The van der Waals surface area contributed by atoms with Crippen LogP contribution in [0, 0.1) is 0 Å². The van der Waals surface area contributed by atoms with E-state index in [9.17, 15) is 18.0 Å². The predicted molar refractivity (Wildman–Crippen MR) is 126 cm³/mol. The Morgan fingerprint density at radius 3 is 2.83 bits per heavy atom. The smallest absolute Gasteiger partial charge is 0.380 e. The van der Waals surface area contributed by atoms with Crippen LogP contribution in [0.25, 0.3) is 0 Å². The van der Waals surface area contributed by atoms with Crippen molar-refractivity contribution in [1.82, 2.24) is 20.1 Å². The molecule has 0 radical (unpaired) electrons. The molecule has 0 bridgehead atoms. The molecule has 0 saturated carbocycles. The molecule has 1 aromatic carbocycles. The van der Waals surface area contributed by atoms with Gasteiger partial charge in [0, 0.05) is 45.0 Å². The quantitative estimate of drug-likeness (QED) is 0.626. The van der Waals surface area contributed by atoms with E-state index in [1.54, 1.807) is 12.3 Å². The van der Waals surface area contributed by atoms with Gasteiger partial charge in [-0.3, -0.25) is 19.6 Å². The summed E-state index contributed by atoms with van der Waals surface area (Å²) in [5.41, 5.74) is 1.72. The van der Waals surface area contributed by atoms with Gasteiger partial charge in [-0.1, -0.05) is 12.1 Å². The van der Waals surface area contributed by atoms with E-state index >= 15 is 0 Å². The normalized spacial score (nSPS) is 25.1. The first-order valence-electron chi connectivity index (χ1n) is 12.4. The van der Waals surface area contributed by atoms with Crippen LogP contribution >= 0.6 is 0 Å². The number of alkyl halides is 3. The zero-order valence-corrected chi connectivity index (χ0v) is 20.0. The van der Waals surface area contributed by atoms with Crippen molar-refractivity contribution in [3.05, 3.63) is 65.0 Å². The lowest BCUT2D eigenvalue weighted by atomic mass is 9.97. The molecule has 1 N–H and O–H groups in total. The number of hydrogen-bond acceptors (Lipinski definition) is 6. The predicted octanol–water partition coefficient (Wildman–Crippen LogP) is 2.63. The first-order chi connectivity index (χ1) is 17.3. The summed E-state index contributed by atoms with van der Waals surface area (Å²) in [5.74, 6) is -0.147. The molecule has 7 nitrogen and oxygen atoms in total. The number of aromatic nitrogens is 1. The van der Waals surface area contributed by atoms with E-state index in [2.05, 4.69) is 15.2 Å². The maximum atomic E-state index is 13.1. The summed E-state index contributed by atoms with van der Waals surface area (Å²) in [4.78, 5) is 21.5. The molecule has 4 heterocycles. The second-order valence-electron chi connectivity index (χ2n) is 9.76. The number of fused-ring (bicyclic) bond motifs is 1.